The molecular weight excluding hydrogens is 243 g/mol. The largest absolute Gasteiger partial charge is 0.381 e. The number of halogens is 1. The van der Waals surface area contributed by atoms with E-state index in [1.165, 1.54) is 12.1 Å². The van der Waals surface area contributed by atoms with Crippen LogP contribution in [0.2, 0.25) is 0 Å². The van der Waals surface area contributed by atoms with Crippen molar-refractivity contribution in [3.63, 3.8) is 0 Å². The summed E-state index contributed by atoms with van der Waals surface area (Å²) in [7, 11) is 0. The van der Waals surface area contributed by atoms with Gasteiger partial charge in [-0.25, -0.2) is 0 Å². The molecule has 0 aromatic heterocycles. The van der Waals surface area contributed by atoms with E-state index in [1.807, 2.05) is 11.8 Å². The molecule has 92 valence electrons. The maximum absolute atomic E-state index is 13.1. The van der Waals surface area contributed by atoms with E-state index in [0.29, 0.717) is 17.0 Å². The van der Waals surface area contributed by atoms with Crippen LogP contribution in [0.3, 0.4) is 0 Å². The van der Waals surface area contributed by atoms with Crippen LogP contribution in [0.5, 0.6) is 0 Å². The third kappa shape index (κ3) is 2.88. The summed E-state index contributed by atoms with van der Waals surface area (Å²) >= 11 is 1.87. The van der Waals surface area contributed by atoms with Crippen LogP contribution in [-0.2, 0) is 0 Å². The highest BCUT2D eigenvalue weighted by Gasteiger charge is 2.22. The monoisotopic (exact) mass is 256 g/mol. The SMILES string of the molecule is CC1CC(Nc2ccc(F)c([N+](=O)[O-])c2)CS1. The number of thioether (sulfide) groups is 1. The first-order valence-corrected chi connectivity index (χ1v) is 6.43. The van der Waals surface area contributed by atoms with E-state index < -0.39 is 16.4 Å². The summed E-state index contributed by atoms with van der Waals surface area (Å²) in [5.41, 5.74) is 0.131. The second kappa shape index (κ2) is 4.91. The molecule has 1 aliphatic rings. The van der Waals surface area contributed by atoms with Gasteiger partial charge in [-0.2, -0.15) is 16.2 Å². The number of nitro groups is 1. The second-order valence-corrected chi connectivity index (χ2v) is 5.62. The zero-order valence-corrected chi connectivity index (χ0v) is 10.2. The summed E-state index contributed by atoms with van der Waals surface area (Å²) in [6, 6.07) is 4.23. The molecule has 1 N–H and O–H groups in total. The van der Waals surface area contributed by atoms with Gasteiger partial charge in [-0.3, -0.25) is 10.1 Å². The van der Waals surface area contributed by atoms with Crippen molar-refractivity contribution in [2.45, 2.75) is 24.6 Å². The smallest absolute Gasteiger partial charge is 0.306 e. The minimum absolute atomic E-state index is 0.306. The van der Waals surface area contributed by atoms with Gasteiger partial charge in [0, 0.05) is 28.8 Å². The molecular formula is C11H13FN2O2S. The summed E-state index contributed by atoms with van der Waals surface area (Å²) in [5.74, 6) is 0.182. The molecule has 0 amide bonds. The fraction of sp³-hybridized carbons (Fsp3) is 0.455. The standard InChI is InChI=1S/C11H13FN2O2S/c1-7-4-9(6-17-7)13-8-2-3-10(12)11(5-8)14(15)16/h2-3,5,7,9,13H,4,6H2,1H3. The first kappa shape index (κ1) is 12.2. The van der Waals surface area contributed by atoms with Crippen LogP contribution in [-0.4, -0.2) is 22.0 Å². The molecule has 1 aromatic rings. The Bertz CT molecular complexity index is 441. The van der Waals surface area contributed by atoms with Crippen LogP contribution in [0.25, 0.3) is 0 Å². The maximum Gasteiger partial charge on any atom is 0.306 e. The number of nitrogens with zero attached hydrogens (tertiary/aromatic N) is 1. The average Bonchev–Trinajstić information content (AvgIpc) is 2.66. The van der Waals surface area contributed by atoms with Gasteiger partial charge < -0.3 is 5.32 Å². The van der Waals surface area contributed by atoms with Crippen molar-refractivity contribution in [2.75, 3.05) is 11.1 Å². The molecule has 2 unspecified atom stereocenters. The molecule has 2 atom stereocenters. The Labute approximate surface area is 103 Å². The predicted molar refractivity (Wildman–Crippen MR) is 67.0 cm³/mol. The van der Waals surface area contributed by atoms with E-state index in [4.69, 9.17) is 0 Å². The lowest BCUT2D eigenvalue weighted by atomic mass is 10.2. The van der Waals surface area contributed by atoms with Crippen LogP contribution in [0.1, 0.15) is 13.3 Å². The third-order valence-corrected chi connectivity index (χ3v) is 4.07. The van der Waals surface area contributed by atoms with Gasteiger partial charge in [-0.15, -0.1) is 0 Å². The van der Waals surface area contributed by atoms with Crippen LogP contribution >= 0.6 is 11.8 Å². The Morgan fingerprint density at radius 1 is 1.59 bits per heavy atom. The molecule has 1 aliphatic heterocycles. The number of nitrogens with one attached hydrogen (secondary N) is 1. The summed E-state index contributed by atoms with van der Waals surface area (Å²) in [6.07, 6.45) is 1.02. The van der Waals surface area contributed by atoms with E-state index in [2.05, 4.69) is 12.2 Å². The molecule has 1 saturated heterocycles. The molecule has 0 bridgehead atoms. The number of rotatable bonds is 3. The van der Waals surface area contributed by atoms with Crippen LogP contribution in [0.4, 0.5) is 15.8 Å². The molecule has 17 heavy (non-hydrogen) atoms. The lowest BCUT2D eigenvalue weighted by Gasteiger charge is -2.12. The van der Waals surface area contributed by atoms with Gasteiger partial charge in [0.1, 0.15) is 0 Å². The van der Waals surface area contributed by atoms with Crippen molar-refractivity contribution in [2.24, 2.45) is 0 Å². The van der Waals surface area contributed by atoms with Crippen molar-refractivity contribution in [1.29, 1.82) is 0 Å². The van der Waals surface area contributed by atoms with Crippen molar-refractivity contribution in [3.05, 3.63) is 34.1 Å². The van der Waals surface area contributed by atoms with E-state index in [0.717, 1.165) is 18.2 Å². The number of hydrogen-bond donors (Lipinski definition) is 1. The Morgan fingerprint density at radius 2 is 2.35 bits per heavy atom. The van der Waals surface area contributed by atoms with Crippen molar-refractivity contribution >= 4 is 23.1 Å². The molecule has 1 heterocycles. The Morgan fingerprint density at radius 3 is 2.94 bits per heavy atom. The minimum Gasteiger partial charge on any atom is -0.381 e. The van der Waals surface area contributed by atoms with E-state index in [9.17, 15) is 14.5 Å². The van der Waals surface area contributed by atoms with Crippen LogP contribution < -0.4 is 5.32 Å². The molecule has 0 aliphatic carbocycles. The number of benzene rings is 1. The number of anilines is 1. The van der Waals surface area contributed by atoms with Gasteiger partial charge in [-0.05, 0) is 18.6 Å². The van der Waals surface area contributed by atoms with Gasteiger partial charge in [0.05, 0.1) is 4.92 Å². The highest BCUT2D eigenvalue weighted by Crippen LogP contribution is 2.29. The average molecular weight is 256 g/mol. The Kier molecular flexibility index (Phi) is 3.51. The predicted octanol–water partition coefficient (Wildman–Crippen LogP) is 3.04. The Balaban J connectivity index is 2.11. The number of nitro benzene ring substituents is 1. The lowest BCUT2D eigenvalue weighted by Crippen LogP contribution is -2.18. The zero-order chi connectivity index (χ0) is 12.4. The van der Waals surface area contributed by atoms with Gasteiger partial charge in [0.2, 0.25) is 5.82 Å². The van der Waals surface area contributed by atoms with Crippen LogP contribution in [0.15, 0.2) is 18.2 Å². The molecule has 2 rings (SSSR count). The van der Waals surface area contributed by atoms with Crippen LogP contribution in [0, 0.1) is 15.9 Å². The summed E-state index contributed by atoms with van der Waals surface area (Å²) < 4.78 is 13.1. The molecule has 0 radical (unpaired) electrons. The van der Waals surface area contributed by atoms with Gasteiger partial charge in [-0.1, -0.05) is 6.92 Å². The molecule has 0 spiro atoms. The fourth-order valence-corrected chi connectivity index (χ4v) is 3.04. The second-order valence-electron chi connectivity index (χ2n) is 4.14. The third-order valence-electron chi connectivity index (χ3n) is 2.71. The Hall–Kier alpha value is -1.30. The van der Waals surface area contributed by atoms with Crippen molar-refractivity contribution in [1.82, 2.24) is 0 Å². The van der Waals surface area contributed by atoms with Gasteiger partial charge in [0.25, 0.3) is 0 Å². The molecule has 1 fully saturated rings. The summed E-state index contributed by atoms with van der Waals surface area (Å²) in [6.45, 7) is 2.15. The molecule has 1 aromatic carbocycles. The van der Waals surface area contributed by atoms with Gasteiger partial charge >= 0.3 is 5.69 Å². The topological polar surface area (TPSA) is 55.2 Å². The maximum atomic E-state index is 13.1. The highest BCUT2D eigenvalue weighted by atomic mass is 32.2. The van der Waals surface area contributed by atoms with Crippen molar-refractivity contribution in [3.8, 4) is 0 Å². The molecule has 4 nitrogen and oxygen atoms in total. The minimum atomic E-state index is -0.797. The highest BCUT2D eigenvalue weighted by molar-refractivity contribution is 8.00. The van der Waals surface area contributed by atoms with Crippen molar-refractivity contribution < 1.29 is 9.31 Å². The normalized spacial score (nSPS) is 23.6. The van der Waals surface area contributed by atoms with E-state index >= 15 is 0 Å². The number of hydrogen-bond acceptors (Lipinski definition) is 4. The zero-order valence-electron chi connectivity index (χ0n) is 9.35. The van der Waals surface area contributed by atoms with E-state index in [1.54, 1.807) is 0 Å². The fourth-order valence-electron chi connectivity index (χ4n) is 1.90. The summed E-state index contributed by atoms with van der Waals surface area (Å²) in [5, 5.41) is 14.4. The van der Waals surface area contributed by atoms with E-state index in [-0.39, 0.29) is 0 Å². The first-order valence-electron chi connectivity index (χ1n) is 5.38. The summed E-state index contributed by atoms with van der Waals surface area (Å²) in [4.78, 5) is 9.90. The molecule has 0 saturated carbocycles. The lowest BCUT2D eigenvalue weighted by molar-refractivity contribution is -0.387. The quantitative estimate of drug-likeness (QED) is 0.667. The first-order chi connectivity index (χ1) is 8.06. The molecule has 6 heteroatoms. The van der Waals surface area contributed by atoms with Gasteiger partial charge in [0.15, 0.2) is 0 Å².